The van der Waals surface area contributed by atoms with Crippen LogP contribution in [-0.2, 0) is 11.2 Å². The van der Waals surface area contributed by atoms with Gasteiger partial charge in [-0.2, -0.15) is 0 Å². The monoisotopic (exact) mass is 250 g/mol. The quantitative estimate of drug-likeness (QED) is 0.887. The second kappa shape index (κ2) is 5.14. The van der Waals surface area contributed by atoms with Gasteiger partial charge in [0.05, 0.1) is 17.9 Å². The summed E-state index contributed by atoms with van der Waals surface area (Å²) in [6.45, 7) is 1.91. The van der Waals surface area contributed by atoms with Crippen LogP contribution in [0, 0.1) is 5.92 Å². The van der Waals surface area contributed by atoms with Gasteiger partial charge in [-0.25, -0.2) is 4.98 Å². The van der Waals surface area contributed by atoms with E-state index in [1.54, 1.807) is 23.9 Å². The number of nitrogens with zero attached hydrogens (tertiary/aromatic N) is 2. The van der Waals surface area contributed by atoms with Gasteiger partial charge in [0.1, 0.15) is 0 Å². The summed E-state index contributed by atoms with van der Waals surface area (Å²) < 4.78 is 1.92. The van der Waals surface area contributed by atoms with E-state index in [1.165, 1.54) is 0 Å². The molecule has 4 nitrogen and oxygen atoms in total. The van der Waals surface area contributed by atoms with E-state index in [0.29, 0.717) is 12.8 Å². The van der Waals surface area contributed by atoms with Gasteiger partial charge in [0.25, 0.3) is 0 Å². The molecule has 2 aromatic rings. The summed E-state index contributed by atoms with van der Waals surface area (Å²) in [5.74, 6) is -1.01. The Morgan fingerprint density at radius 1 is 1.65 bits per heavy atom. The summed E-state index contributed by atoms with van der Waals surface area (Å²) >= 11 is 1.60. The average molecular weight is 250 g/mol. The predicted molar refractivity (Wildman–Crippen MR) is 66.6 cm³/mol. The minimum Gasteiger partial charge on any atom is -0.481 e. The maximum absolute atomic E-state index is 11.0. The molecule has 0 aliphatic carbocycles. The molecule has 0 amide bonds. The first-order valence-corrected chi connectivity index (χ1v) is 6.37. The van der Waals surface area contributed by atoms with E-state index in [1.807, 2.05) is 29.1 Å². The third-order valence-corrected chi connectivity index (χ3v) is 3.68. The number of imidazole rings is 1. The number of thiophene rings is 1. The normalized spacial score (nSPS) is 12.5. The molecule has 0 bridgehead atoms. The van der Waals surface area contributed by atoms with E-state index in [9.17, 15) is 4.79 Å². The van der Waals surface area contributed by atoms with Crippen molar-refractivity contribution in [2.24, 2.45) is 5.92 Å². The molecule has 1 atom stereocenters. The Balaban J connectivity index is 2.11. The Morgan fingerprint density at radius 2 is 2.47 bits per heavy atom. The predicted octanol–water partition coefficient (Wildman–Crippen LogP) is 2.59. The number of rotatable bonds is 5. The van der Waals surface area contributed by atoms with E-state index < -0.39 is 5.97 Å². The molecule has 0 saturated carbocycles. The fraction of sp³-hybridized carbons (Fsp3) is 0.333. The second-order valence-electron chi connectivity index (χ2n) is 3.89. The zero-order valence-corrected chi connectivity index (χ0v) is 10.4. The highest BCUT2D eigenvalue weighted by molar-refractivity contribution is 7.10. The van der Waals surface area contributed by atoms with Gasteiger partial charge in [-0.05, 0) is 18.9 Å². The molecular formula is C12H14N2O2S. The van der Waals surface area contributed by atoms with E-state index in [0.717, 1.165) is 10.6 Å². The van der Waals surface area contributed by atoms with Crippen LogP contribution >= 0.6 is 11.3 Å². The molecule has 5 heteroatoms. The summed E-state index contributed by atoms with van der Waals surface area (Å²) in [6.07, 6.45) is 6.60. The van der Waals surface area contributed by atoms with Crippen molar-refractivity contribution in [3.05, 3.63) is 35.0 Å². The highest BCUT2D eigenvalue weighted by Crippen LogP contribution is 2.22. The maximum atomic E-state index is 11.0. The van der Waals surface area contributed by atoms with Crippen LogP contribution in [0.2, 0.25) is 0 Å². The van der Waals surface area contributed by atoms with Crippen LogP contribution in [-0.4, -0.2) is 20.6 Å². The molecule has 0 aliphatic heterocycles. The van der Waals surface area contributed by atoms with Gasteiger partial charge >= 0.3 is 5.97 Å². The minimum absolute atomic E-state index is 0.288. The number of carboxylic acid groups (broad SMARTS) is 1. The summed E-state index contributed by atoms with van der Waals surface area (Å²) in [5.41, 5.74) is 1.04. The van der Waals surface area contributed by atoms with Crippen LogP contribution in [0.25, 0.3) is 5.69 Å². The molecule has 0 aromatic carbocycles. The minimum atomic E-state index is -0.718. The molecule has 0 fully saturated rings. The summed E-state index contributed by atoms with van der Waals surface area (Å²) in [7, 11) is 0. The highest BCUT2D eigenvalue weighted by Gasteiger charge is 2.16. The fourth-order valence-corrected chi connectivity index (χ4v) is 2.62. The van der Waals surface area contributed by atoms with Gasteiger partial charge < -0.3 is 9.67 Å². The van der Waals surface area contributed by atoms with Crippen molar-refractivity contribution in [1.82, 2.24) is 9.55 Å². The molecule has 2 rings (SSSR count). The lowest BCUT2D eigenvalue weighted by Gasteiger charge is -2.06. The standard InChI is InChI=1S/C12H14N2O2S/c1-2-9(12(15)16)5-11-6-10(7-17-11)14-4-3-13-8-14/h3-4,6-9H,2,5H2,1H3,(H,15,16). The Morgan fingerprint density at radius 3 is 3.06 bits per heavy atom. The molecule has 0 spiro atoms. The molecule has 2 heterocycles. The van der Waals surface area contributed by atoms with E-state index in [4.69, 9.17) is 5.11 Å². The largest absolute Gasteiger partial charge is 0.481 e. The number of carboxylic acids is 1. The highest BCUT2D eigenvalue weighted by atomic mass is 32.1. The van der Waals surface area contributed by atoms with Gasteiger partial charge in [-0.15, -0.1) is 11.3 Å². The van der Waals surface area contributed by atoms with Crippen LogP contribution in [0.5, 0.6) is 0 Å². The first-order chi connectivity index (χ1) is 8.20. The van der Waals surface area contributed by atoms with Crippen molar-refractivity contribution in [2.45, 2.75) is 19.8 Å². The molecule has 0 radical (unpaired) electrons. The molecule has 90 valence electrons. The number of aliphatic carboxylic acids is 1. The zero-order valence-electron chi connectivity index (χ0n) is 9.54. The first kappa shape index (κ1) is 11.9. The van der Waals surface area contributed by atoms with Crippen LogP contribution < -0.4 is 0 Å². The number of aromatic nitrogens is 2. The molecule has 2 aromatic heterocycles. The molecular weight excluding hydrogens is 236 g/mol. The van der Waals surface area contributed by atoms with Gasteiger partial charge in [0.15, 0.2) is 0 Å². The number of hydrogen-bond donors (Lipinski definition) is 1. The van der Waals surface area contributed by atoms with Gasteiger partial charge in [0, 0.05) is 22.7 Å². The van der Waals surface area contributed by atoms with Crippen LogP contribution in [0.3, 0.4) is 0 Å². The molecule has 1 unspecified atom stereocenters. The second-order valence-corrected chi connectivity index (χ2v) is 4.88. The van der Waals surface area contributed by atoms with E-state index in [-0.39, 0.29) is 5.92 Å². The van der Waals surface area contributed by atoms with Crippen LogP contribution in [0.1, 0.15) is 18.2 Å². The fourth-order valence-electron chi connectivity index (χ4n) is 1.67. The Bertz CT molecular complexity index is 490. The Kier molecular flexibility index (Phi) is 3.58. The summed E-state index contributed by atoms with van der Waals surface area (Å²) in [6, 6.07) is 2.03. The van der Waals surface area contributed by atoms with Gasteiger partial charge in [-0.3, -0.25) is 4.79 Å². The van der Waals surface area contributed by atoms with Crippen molar-refractivity contribution in [1.29, 1.82) is 0 Å². The topological polar surface area (TPSA) is 55.1 Å². The average Bonchev–Trinajstić information content (AvgIpc) is 2.95. The van der Waals surface area contributed by atoms with Crippen LogP contribution in [0.15, 0.2) is 30.2 Å². The van der Waals surface area contributed by atoms with E-state index >= 15 is 0 Å². The summed E-state index contributed by atoms with van der Waals surface area (Å²) in [5, 5.41) is 11.0. The SMILES string of the molecule is CCC(Cc1cc(-n2ccnc2)cs1)C(=O)O. The molecule has 17 heavy (non-hydrogen) atoms. The van der Waals surface area contributed by atoms with Gasteiger partial charge in [0.2, 0.25) is 0 Å². The number of carbonyl (C=O) groups is 1. The Hall–Kier alpha value is -1.62. The first-order valence-electron chi connectivity index (χ1n) is 5.49. The number of hydrogen-bond acceptors (Lipinski definition) is 3. The van der Waals surface area contributed by atoms with E-state index in [2.05, 4.69) is 4.98 Å². The molecule has 0 saturated heterocycles. The van der Waals surface area contributed by atoms with Crippen LogP contribution in [0.4, 0.5) is 0 Å². The van der Waals surface area contributed by atoms with Crippen molar-refractivity contribution in [3.8, 4) is 5.69 Å². The lowest BCUT2D eigenvalue weighted by atomic mass is 10.0. The van der Waals surface area contributed by atoms with Gasteiger partial charge in [-0.1, -0.05) is 6.92 Å². The maximum Gasteiger partial charge on any atom is 0.306 e. The zero-order chi connectivity index (χ0) is 12.3. The molecule has 1 N–H and O–H groups in total. The smallest absolute Gasteiger partial charge is 0.306 e. The Labute approximate surface area is 104 Å². The molecule has 0 aliphatic rings. The lowest BCUT2D eigenvalue weighted by Crippen LogP contribution is -2.14. The third kappa shape index (κ3) is 2.74. The van der Waals surface area contributed by atoms with Crippen molar-refractivity contribution in [3.63, 3.8) is 0 Å². The van der Waals surface area contributed by atoms with Crippen molar-refractivity contribution >= 4 is 17.3 Å². The summed E-state index contributed by atoms with van der Waals surface area (Å²) in [4.78, 5) is 16.0. The lowest BCUT2D eigenvalue weighted by molar-refractivity contribution is -0.141. The third-order valence-electron chi connectivity index (χ3n) is 2.73. The van der Waals surface area contributed by atoms with Crippen molar-refractivity contribution < 1.29 is 9.90 Å². The van der Waals surface area contributed by atoms with Crippen molar-refractivity contribution in [2.75, 3.05) is 0 Å².